The van der Waals surface area contributed by atoms with Crippen LogP contribution >= 0.6 is 0 Å². The lowest BCUT2D eigenvalue weighted by Gasteiger charge is -2.35. The third-order valence-electron chi connectivity index (χ3n) is 4.39. The van der Waals surface area contributed by atoms with E-state index in [0.29, 0.717) is 5.41 Å². The van der Waals surface area contributed by atoms with Gasteiger partial charge in [-0.2, -0.15) is 0 Å². The highest BCUT2D eigenvalue weighted by atomic mass is 15.2. The van der Waals surface area contributed by atoms with Gasteiger partial charge in [0.15, 0.2) is 0 Å². The van der Waals surface area contributed by atoms with E-state index in [4.69, 9.17) is 0 Å². The predicted octanol–water partition coefficient (Wildman–Crippen LogP) is 0.459. The molecule has 4 heteroatoms. The summed E-state index contributed by atoms with van der Waals surface area (Å²) in [5.74, 6) is 0.861. The van der Waals surface area contributed by atoms with E-state index in [1.165, 1.54) is 45.7 Å². The minimum Gasteiger partial charge on any atom is -0.316 e. The summed E-state index contributed by atoms with van der Waals surface area (Å²) in [6, 6.07) is 0. The first kappa shape index (κ1) is 15.2. The molecular formula is C15H32N4. The smallest absolute Gasteiger partial charge is 0.0108 e. The van der Waals surface area contributed by atoms with Gasteiger partial charge in [-0.25, -0.2) is 0 Å². The van der Waals surface area contributed by atoms with Crippen molar-refractivity contribution in [3.8, 4) is 0 Å². The number of hydrogen-bond acceptors (Lipinski definition) is 4. The summed E-state index contributed by atoms with van der Waals surface area (Å²) >= 11 is 0. The highest BCUT2D eigenvalue weighted by molar-refractivity contribution is 4.81. The quantitative estimate of drug-likeness (QED) is 0.733. The van der Waals surface area contributed by atoms with Crippen molar-refractivity contribution in [1.82, 2.24) is 20.4 Å². The molecule has 2 saturated heterocycles. The van der Waals surface area contributed by atoms with Crippen molar-refractivity contribution in [2.75, 3.05) is 66.0 Å². The van der Waals surface area contributed by atoms with E-state index in [9.17, 15) is 0 Å². The Morgan fingerprint density at radius 1 is 1.21 bits per heavy atom. The van der Waals surface area contributed by atoms with Gasteiger partial charge in [-0.15, -0.1) is 0 Å². The van der Waals surface area contributed by atoms with E-state index in [0.717, 1.165) is 25.6 Å². The average Bonchev–Trinajstić information content (AvgIpc) is 2.75. The first-order valence-electron chi connectivity index (χ1n) is 7.87. The molecule has 0 aromatic heterocycles. The van der Waals surface area contributed by atoms with Gasteiger partial charge in [-0.1, -0.05) is 13.8 Å². The summed E-state index contributed by atoms with van der Waals surface area (Å²) in [6.45, 7) is 15.6. The largest absolute Gasteiger partial charge is 0.316 e. The molecule has 0 radical (unpaired) electrons. The Hall–Kier alpha value is -0.160. The summed E-state index contributed by atoms with van der Waals surface area (Å²) in [5.41, 5.74) is 0.377. The molecule has 0 aliphatic carbocycles. The van der Waals surface area contributed by atoms with E-state index in [-0.39, 0.29) is 0 Å². The maximum atomic E-state index is 3.71. The van der Waals surface area contributed by atoms with Crippen LogP contribution in [0.4, 0.5) is 0 Å². The molecule has 19 heavy (non-hydrogen) atoms. The fourth-order valence-electron chi connectivity index (χ4n) is 3.34. The molecule has 2 rings (SSSR count). The minimum atomic E-state index is 0.377. The normalized spacial score (nSPS) is 27.0. The number of likely N-dealkylation sites (tertiary alicyclic amines) is 1. The van der Waals surface area contributed by atoms with Crippen molar-refractivity contribution in [3.63, 3.8) is 0 Å². The van der Waals surface area contributed by atoms with E-state index >= 15 is 0 Å². The molecule has 2 aliphatic heterocycles. The van der Waals surface area contributed by atoms with Crippen LogP contribution in [-0.4, -0.2) is 75.8 Å². The summed E-state index contributed by atoms with van der Waals surface area (Å²) in [4.78, 5) is 5.04. The highest BCUT2D eigenvalue weighted by Crippen LogP contribution is 2.17. The fraction of sp³-hybridized carbons (Fsp3) is 1.00. The van der Waals surface area contributed by atoms with Crippen LogP contribution in [0.5, 0.6) is 0 Å². The maximum Gasteiger partial charge on any atom is 0.0108 e. The molecule has 0 amide bonds. The molecule has 2 aliphatic rings. The summed E-state index contributed by atoms with van der Waals surface area (Å²) in [6.07, 6.45) is 1.36. The summed E-state index contributed by atoms with van der Waals surface area (Å²) in [7, 11) is 2.23. The average molecular weight is 268 g/mol. The molecule has 112 valence electrons. The lowest BCUT2D eigenvalue weighted by atomic mass is 9.92. The molecule has 2 heterocycles. The van der Waals surface area contributed by atoms with Gasteiger partial charge in [0, 0.05) is 45.8 Å². The third-order valence-corrected chi connectivity index (χ3v) is 4.39. The van der Waals surface area contributed by atoms with Gasteiger partial charge < -0.3 is 20.4 Å². The van der Waals surface area contributed by atoms with E-state index in [1.807, 2.05) is 0 Å². The molecule has 1 unspecified atom stereocenters. The zero-order valence-electron chi connectivity index (χ0n) is 13.0. The van der Waals surface area contributed by atoms with Crippen LogP contribution in [0.15, 0.2) is 0 Å². The lowest BCUT2D eigenvalue weighted by molar-refractivity contribution is 0.157. The Bertz CT molecular complexity index is 261. The third kappa shape index (κ3) is 5.38. The number of rotatable bonds is 6. The van der Waals surface area contributed by atoms with Crippen LogP contribution < -0.4 is 10.6 Å². The van der Waals surface area contributed by atoms with Gasteiger partial charge in [0.1, 0.15) is 0 Å². The van der Waals surface area contributed by atoms with Gasteiger partial charge in [0.25, 0.3) is 0 Å². The van der Waals surface area contributed by atoms with Crippen LogP contribution in [0.1, 0.15) is 20.3 Å². The Balaban J connectivity index is 1.62. The second-order valence-electron chi connectivity index (χ2n) is 7.24. The molecular weight excluding hydrogens is 236 g/mol. The SMILES string of the molecule is CN1CCC(CNCC(C)(C)CN2CCNCC2)C1. The zero-order valence-corrected chi connectivity index (χ0v) is 13.0. The second-order valence-corrected chi connectivity index (χ2v) is 7.24. The van der Waals surface area contributed by atoms with Crippen LogP contribution in [0.25, 0.3) is 0 Å². The second kappa shape index (κ2) is 7.02. The van der Waals surface area contributed by atoms with Gasteiger partial charge in [0.2, 0.25) is 0 Å². The molecule has 0 aromatic carbocycles. The van der Waals surface area contributed by atoms with Crippen molar-refractivity contribution in [2.45, 2.75) is 20.3 Å². The summed E-state index contributed by atoms with van der Waals surface area (Å²) in [5, 5.41) is 7.13. The van der Waals surface area contributed by atoms with E-state index in [2.05, 4.69) is 41.3 Å². The topological polar surface area (TPSA) is 30.5 Å². The molecule has 2 fully saturated rings. The minimum absolute atomic E-state index is 0.377. The van der Waals surface area contributed by atoms with Gasteiger partial charge in [0.05, 0.1) is 0 Å². The number of hydrogen-bond donors (Lipinski definition) is 2. The van der Waals surface area contributed by atoms with Crippen LogP contribution in [0, 0.1) is 11.3 Å². The van der Waals surface area contributed by atoms with Gasteiger partial charge in [-0.05, 0) is 37.9 Å². The van der Waals surface area contributed by atoms with Crippen molar-refractivity contribution in [2.24, 2.45) is 11.3 Å². The van der Waals surface area contributed by atoms with Crippen molar-refractivity contribution >= 4 is 0 Å². The first-order chi connectivity index (χ1) is 9.05. The molecule has 0 saturated carbocycles. The lowest BCUT2D eigenvalue weighted by Crippen LogP contribution is -2.49. The predicted molar refractivity (Wildman–Crippen MR) is 81.6 cm³/mol. The van der Waals surface area contributed by atoms with Crippen molar-refractivity contribution in [1.29, 1.82) is 0 Å². The van der Waals surface area contributed by atoms with Crippen LogP contribution in [0.2, 0.25) is 0 Å². The Morgan fingerprint density at radius 3 is 2.58 bits per heavy atom. The number of nitrogens with zero attached hydrogens (tertiary/aromatic N) is 2. The summed E-state index contributed by atoms with van der Waals surface area (Å²) < 4.78 is 0. The Labute approximate surface area is 118 Å². The Morgan fingerprint density at radius 2 is 1.95 bits per heavy atom. The van der Waals surface area contributed by atoms with Gasteiger partial charge in [-0.3, -0.25) is 0 Å². The number of nitrogens with one attached hydrogen (secondary N) is 2. The molecule has 0 spiro atoms. The van der Waals surface area contributed by atoms with E-state index in [1.54, 1.807) is 0 Å². The van der Waals surface area contributed by atoms with Crippen LogP contribution in [-0.2, 0) is 0 Å². The van der Waals surface area contributed by atoms with Crippen molar-refractivity contribution < 1.29 is 0 Å². The molecule has 1 atom stereocenters. The zero-order chi connectivity index (χ0) is 13.7. The molecule has 0 aromatic rings. The standard InChI is InChI=1S/C15H32N4/c1-15(2,13-19-8-5-16-6-9-19)12-17-10-14-4-7-18(3)11-14/h14,16-17H,4-13H2,1-3H3. The van der Waals surface area contributed by atoms with Gasteiger partial charge >= 0.3 is 0 Å². The maximum absolute atomic E-state index is 3.71. The van der Waals surface area contributed by atoms with E-state index < -0.39 is 0 Å². The number of piperazine rings is 1. The monoisotopic (exact) mass is 268 g/mol. The Kier molecular flexibility index (Phi) is 5.63. The highest BCUT2D eigenvalue weighted by Gasteiger charge is 2.24. The molecule has 2 N–H and O–H groups in total. The molecule has 0 bridgehead atoms. The molecule has 4 nitrogen and oxygen atoms in total. The van der Waals surface area contributed by atoms with Crippen LogP contribution in [0.3, 0.4) is 0 Å². The fourth-order valence-corrected chi connectivity index (χ4v) is 3.34. The van der Waals surface area contributed by atoms with Crippen molar-refractivity contribution in [3.05, 3.63) is 0 Å². The first-order valence-corrected chi connectivity index (χ1v) is 7.87.